The van der Waals surface area contributed by atoms with Crippen LogP contribution in [0.2, 0.25) is 0 Å². The van der Waals surface area contributed by atoms with Crippen LogP contribution in [0.3, 0.4) is 0 Å². The highest BCUT2D eigenvalue weighted by atomic mass is 16.5. The van der Waals surface area contributed by atoms with Crippen molar-refractivity contribution in [3.8, 4) is 0 Å². The highest BCUT2D eigenvalue weighted by Crippen LogP contribution is 2.28. The number of hydrogen-bond acceptors (Lipinski definition) is 2. The van der Waals surface area contributed by atoms with Gasteiger partial charge in [-0.05, 0) is 42.0 Å². The maximum absolute atomic E-state index is 5.71. The van der Waals surface area contributed by atoms with Crippen molar-refractivity contribution in [1.82, 2.24) is 5.32 Å². The topological polar surface area (TPSA) is 21.3 Å². The van der Waals surface area contributed by atoms with Crippen molar-refractivity contribution in [2.45, 2.75) is 45.6 Å². The summed E-state index contributed by atoms with van der Waals surface area (Å²) in [5.74, 6) is 0.641. The van der Waals surface area contributed by atoms with Gasteiger partial charge in [0.25, 0.3) is 0 Å². The summed E-state index contributed by atoms with van der Waals surface area (Å²) < 4.78 is 5.71. The molecular weight excluding hydrogens is 222 g/mol. The molecule has 2 unspecified atom stereocenters. The Balaban J connectivity index is 2.33. The summed E-state index contributed by atoms with van der Waals surface area (Å²) in [7, 11) is 0. The van der Waals surface area contributed by atoms with Crippen LogP contribution in [0.4, 0.5) is 0 Å². The molecule has 0 aromatic heterocycles. The number of fused-ring (bicyclic) bond motifs is 1. The lowest BCUT2D eigenvalue weighted by atomic mass is 9.91. The van der Waals surface area contributed by atoms with E-state index in [-0.39, 0.29) is 0 Å². The number of benzene rings is 1. The van der Waals surface area contributed by atoms with Crippen LogP contribution in [0.25, 0.3) is 0 Å². The third-order valence-electron chi connectivity index (χ3n) is 3.98. The van der Waals surface area contributed by atoms with Crippen LogP contribution in [0.15, 0.2) is 18.2 Å². The van der Waals surface area contributed by atoms with Crippen LogP contribution in [-0.2, 0) is 11.2 Å². The molecule has 1 aromatic carbocycles. The second-order valence-corrected chi connectivity index (χ2v) is 5.20. The van der Waals surface area contributed by atoms with E-state index in [2.05, 4.69) is 44.3 Å². The first-order valence-corrected chi connectivity index (χ1v) is 7.20. The molecule has 2 nitrogen and oxygen atoms in total. The second kappa shape index (κ2) is 6.35. The number of nitrogens with one attached hydrogen (secondary N) is 1. The van der Waals surface area contributed by atoms with Gasteiger partial charge in [-0.3, -0.25) is 0 Å². The zero-order valence-electron chi connectivity index (χ0n) is 11.8. The second-order valence-electron chi connectivity index (χ2n) is 5.20. The van der Waals surface area contributed by atoms with Gasteiger partial charge in [0, 0.05) is 0 Å². The molecule has 0 amide bonds. The molecule has 0 radical (unpaired) electrons. The number of rotatable bonds is 4. The van der Waals surface area contributed by atoms with Crippen LogP contribution in [0.1, 0.15) is 55.8 Å². The third-order valence-corrected chi connectivity index (χ3v) is 3.98. The monoisotopic (exact) mass is 247 g/mol. The van der Waals surface area contributed by atoms with Crippen molar-refractivity contribution in [2.75, 3.05) is 19.8 Å². The predicted octanol–water partition coefficient (Wildman–Crippen LogP) is 3.42. The Bertz CT molecular complexity index is 389. The summed E-state index contributed by atoms with van der Waals surface area (Å²) in [6.45, 7) is 9.34. The molecule has 1 heterocycles. The summed E-state index contributed by atoms with van der Waals surface area (Å²) in [6, 6.07) is 7.35. The van der Waals surface area contributed by atoms with E-state index in [9.17, 15) is 0 Å². The van der Waals surface area contributed by atoms with E-state index in [4.69, 9.17) is 4.74 Å². The van der Waals surface area contributed by atoms with Crippen molar-refractivity contribution in [3.63, 3.8) is 0 Å². The fourth-order valence-corrected chi connectivity index (χ4v) is 2.60. The van der Waals surface area contributed by atoms with Crippen molar-refractivity contribution >= 4 is 0 Å². The van der Waals surface area contributed by atoms with Crippen molar-refractivity contribution in [3.05, 3.63) is 34.9 Å². The van der Waals surface area contributed by atoms with E-state index in [1.807, 2.05) is 0 Å². The fourth-order valence-electron chi connectivity index (χ4n) is 2.60. The number of hydrogen-bond donors (Lipinski definition) is 1. The Labute approximate surface area is 111 Å². The predicted molar refractivity (Wildman–Crippen MR) is 76.1 cm³/mol. The molecule has 0 spiro atoms. The highest BCUT2D eigenvalue weighted by Gasteiger charge is 2.19. The maximum Gasteiger partial charge on any atom is 0.0661 e. The molecule has 0 aliphatic carbocycles. The van der Waals surface area contributed by atoms with Gasteiger partial charge in [0.15, 0.2) is 0 Å². The lowest BCUT2D eigenvalue weighted by Gasteiger charge is -2.20. The van der Waals surface area contributed by atoms with Gasteiger partial charge in [-0.25, -0.2) is 0 Å². The minimum atomic E-state index is 0.358. The highest BCUT2D eigenvalue weighted by molar-refractivity contribution is 5.36. The summed E-state index contributed by atoms with van der Waals surface area (Å²) in [5.41, 5.74) is 4.36. The molecule has 0 saturated heterocycles. The molecule has 2 heteroatoms. The Morgan fingerprint density at radius 2 is 2.22 bits per heavy atom. The van der Waals surface area contributed by atoms with Gasteiger partial charge >= 0.3 is 0 Å². The minimum absolute atomic E-state index is 0.358. The Morgan fingerprint density at radius 3 is 2.94 bits per heavy atom. The first-order chi connectivity index (χ1) is 8.76. The first-order valence-electron chi connectivity index (χ1n) is 7.20. The van der Waals surface area contributed by atoms with Crippen LogP contribution in [-0.4, -0.2) is 19.8 Å². The first kappa shape index (κ1) is 13.6. The third kappa shape index (κ3) is 2.93. The van der Waals surface area contributed by atoms with E-state index in [1.54, 1.807) is 0 Å². The van der Waals surface area contributed by atoms with Crippen LogP contribution < -0.4 is 5.32 Å². The number of ether oxygens (including phenoxy) is 1. The van der Waals surface area contributed by atoms with E-state index >= 15 is 0 Å². The lowest BCUT2D eigenvalue weighted by molar-refractivity contribution is 0.122. The van der Waals surface area contributed by atoms with Gasteiger partial charge in [0.05, 0.1) is 19.3 Å². The molecule has 100 valence electrons. The molecule has 18 heavy (non-hydrogen) atoms. The molecule has 0 fully saturated rings. The summed E-state index contributed by atoms with van der Waals surface area (Å²) in [5, 5.41) is 3.54. The van der Waals surface area contributed by atoms with Gasteiger partial charge in [-0.1, -0.05) is 39.0 Å². The quantitative estimate of drug-likeness (QED) is 0.880. The molecule has 0 bridgehead atoms. The lowest BCUT2D eigenvalue weighted by Crippen LogP contribution is -2.25. The minimum Gasteiger partial charge on any atom is -0.379 e. The van der Waals surface area contributed by atoms with Gasteiger partial charge in [-0.2, -0.15) is 0 Å². The van der Waals surface area contributed by atoms with Crippen molar-refractivity contribution in [2.24, 2.45) is 0 Å². The van der Waals surface area contributed by atoms with Gasteiger partial charge in [-0.15, -0.1) is 0 Å². The summed E-state index contributed by atoms with van der Waals surface area (Å²) in [6.07, 6.45) is 2.24. The van der Waals surface area contributed by atoms with E-state index < -0.39 is 0 Å². The van der Waals surface area contributed by atoms with Crippen LogP contribution in [0, 0.1) is 0 Å². The zero-order valence-corrected chi connectivity index (χ0v) is 11.8. The molecule has 1 aliphatic heterocycles. The molecule has 0 saturated carbocycles. The molecule has 1 aliphatic rings. The summed E-state index contributed by atoms with van der Waals surface area (Å²) in [4.78, 5) is 0. The van der Waals surface area contributed by atoms with E-state index in [0.717, 1.165) is 26.2 Å². The largest absolute Gasteiger partial charge is 0.379 e. The smallest absolute Gasteiger partial charge is 0.0661 e. The molecule has 1 N–H and O–H groups in total. The summed E-state index contributed by atoms with van der Waals surface area (Å²) >= 11 is 0. The zero-order chi connectivity index (χ0) is 13.0. The van der Waals surface area contributed by atoms with Gasteiger partial charge in [0.2, 0.25) is 0 Å². The van der Waals surface area contributed by atoms with Gasteiger partial charge < -0.3 is 10.1 Å². The van der Waals surface area contributed by atoms with Crippen molar-refractivity contribution in [1.29, 1.82) is 0 Å². The number of likely N-dealkylation sites (N-methyl/N-ethyl adjacent to an activating group) is 1. The maximum atomic E-state index is 5.71. The Hall–Kier alpha value is -0.860. The average molecular weight is 247 g/mol. The Morgan fingerprint density at radius 1 is 1.39 bits per heavy atom. The fraction of sp³-hybridized carbons (Fsp3) is 0.625. The van der Waals surface area contributed by atoms with E-state index in [1.165, 1.54) is 23.1 Å². The average Bonchev–Trinajstić information content (AvgIpc) is 2.60. The molecular formula is C16H25NO. The van der Waals surface area contributed by atoms with Gasteiger partial charge in [0.1, 0.15) is 0 Å². The van der Waals surface area contributed by atoms with E-state index in [0.29, 0.717) is 12.0 Å². The Kier molecular flexibility index (Phi) is 4.79. The molecule has 2 atom stereocenters. The van der Waals surface area contributed by atoms with Crippen LogP contribution in [0.5, 0.6) is 0 Å². The van der Waals surface area contributed by atoms with Crippen LogP contribution >= 0.6 is 0 Å². The molecule has 1 aromatic rings. The van der Waals surface area contributed by atoms with Crippen molar-refractivity contribution < 1.29 is 4.74 Å². The SMILES string of the molecule is CCNC1COCCc2ccc(C(C)CC)cc21. The molecule has 2 rings (SSSR count). The standard InChI is InChI=1S/C16H25NO/c1-4-12(3)14-7-6-13-8-9-18-11-16(17-5-2)15(13)10-14/h6-7,10,12,16-17H,4-5,8-9,11H2,1-3H3. The normalized spacial score (nSPS) is 21.2.